The first-order chi connectivity index (χ1) is 10.8. The molecule has 0 bridgehead atoms. The maximum atomic E-state index is 12.1. The molecule has 2 N–H and O–H groups in total. The van der Waals surface area contributed by atoms with Crippen LogP contribution in [0.2, 0.25) is 0 Å². The van der Waals surface area contributed by atoms with Gasteiger partial charge < -0.3 is 10.4 Å². The highest BCUT2D eigenvalue weighted by molar-refractivity contribution is 5.77. The number of rotatable bonds is 6. The maximum absolute atomic E-state index is 12.1. The number of hydrogen-bond donors (Lipinski definition) is 2. The van der Waals surface area contributed by atoms with Crippen LogP contribution in [-0.4, -0.2) is 32.1 Å². The van der Waals surface area contributed by atoms with Crippen molar-refractivity contribution in [3.63, 3.8) is 0 Å². The third-order valence-corrected chi connectivity index (χ3v) is 3.77. The summed E-state index contributed by atoms with van der Waals surface area (Å²) in [4.78, 5) is 12.1. The number of nitrogens with zero attached hydrogens (tertiary/aromatic N) is 3. The third kappa shape index (κ3) is 4.39. The van der Waals surface area contributed by atoms with E-state index in [0.717, 1.165) is 5.69 Å². The number of benzene rings is 1. The highest BCUT2D eigenvalue weighted by Crippen LogP contribution is 2.19. The number of amides is 1. The van der Waals surface area contributed by atoms with Crippen LogP contribution in [0.5, 0.6) is 0 Å². The first kappa shape index (κ1) is 17.1. The number of carbonyl (C=O) groups excluding carboxylic acids is 1. The number of para-hydroxylation sites is 1. The molecule has 6 heteroatoms. The van der Waals surface area contributed by atoms with Crippen LogP contribution in [-0.2, 0) is 10.3 Å². The molecule has 2 aromatic rings. The quantitative estimate of drug-likeness (QED) is 0.854. The lowest BCUT2D eigenvalue weighted by Gasteiger charge is -2.25. The summed E-state index contributed by atoms with van der Waals surface area (Å²) in [5.41, 5.74) is 0.901. The SMILES string of the molecule is CC(C)C(O)CC(=O)NC(C)(C)c1cn(-c2ccccc2)nn1. The van der Waals surface area contributed by atoms with E-state index in [-0.39, 0.29) is 18.2 Å². The van der Waals surface area contributed by atoms with Crippen LogP contribution < -0.4 is 5.32 Å². The van der Waals surface area contributed by atoms with Crippen LogP contribution >= 0.6 is 0 Å². The van der Waals surface area contributed by atoms with Gasteiger partial charge in [0.2, 0.25) is 5.91 Å². The van der Waals surface area contributed by atoms with E-state index in [1.165, 1.54) is 0 Å². The summed E-state index contributed by atoms with van der Waals surface area (Å²) >= 11 is 0. The number of nitrogens with one attached hydrogen (secondary N) is 1. The first-order valence-corrected chi connectivity index (χ1v) is 7.77. The lowest BCUT2D eigenvalue weighted by molar-refractivity contribution is -0.125. The van der Waals surface area contributed by atoms with Gasteiger partial charge in [-0.3, -0.25) is 4.79 Å². The summed E-state index contributed by atoms with van der Waals surface area (Å²) in [6, 6.07) is 9.66. The summed E-state index contributed by atoms with van der Waals surface area (Å²) in [5, 5.41) is 21.0. The van der Waals surface area contributed by atoms with Crippen molar-refractivity contribution in [1.82, 2.24) is 20.3 Å². The van der Waals surface area contributed by atoms with Crippen LogP contribution in [0, 0.1) is 5.92 Å². The lowest BCUT2D eigenvalue weighted by atomic mass is 9.99. The van der Waals surface area contributed by atoms with E-state index in [2.05, 4.69) is 15.6 Å². The molecule has 0 radical (unpaired) electrons. The minimum absolute atomic E-state index is 0.0443. The average molecular weight is 316 g/mol. The second kappa shape index (κ2) is 6.91. The Morgan fingerprint density at radius 1 is 1.30 bits per heavy atom. The minimum atomic E-state index is -0.666. The summed E-state index contributed by atoms with van der Waals surface area (Å²) in [6.07, 6.45) is 1.23. The molecule has 0 aliphatic carbocycles. The summed E-state index contributed by atoms with van der Waals surface area (Å²) in [5.74, 6) is -0.159. The van der Waals surface area contributed by atoms with E-state index in [4.69, 9.17) is 0 Å². The van der Waals surface area contributed by atoms with Crippen molar-refractivity contribution in [2.45, 2.75) is 45.8 Å². The molecule has 0 saturated heterocycles. The zero-order valence-electron chi connectivity index (χ0n) is 14.0. The Kier molecular flexibility index (Phi) is 5.15. The second-order valence-electron chi connectivity index (χ2n) is 6.57. The zero-order valence-corrected chi connectivity index (χ0v) is 14.0. The van der Waals surface area contributed by atoms with E-state index in [0.29, 0.717) is 5.69 Å². The number of carbonyl (C=O) groups is 1. The molecule has 0 aliphatic heterocycles. The smallest absolute Gasteiger partial charge is 0.223 e. The Balaban J connectivity index is 2.08. The van der Waals surface area contributed by atoms with Crippen molar-refractivity contribution in [3.8, 4) is 5.69 Å². The molecule has 1 unspecified atom stereocenters. The Morgan fingerprint density at radius 2 is 1.96 bits per heavy atom. The second-order valence-corrected chi connectivity index (χ2v) is 6.57. The van der Waals surface area contributed by atoms with Gasteiger partial charge in [-0.1, -0.05) is 37.3 Å². The van der Waals surface area contributed by atoms with Gasteiger partial charge in [0.15, 0.2) is 0 Å². The standard InChI is InChI=1S/C17H24N4O2/c1-12(2)14(22)10-16(23)18-17(3,4)15-11-21(20-19-15)13-8-6-5-7-9-13/h5-9,11-12,14,22H,10H2,1-4H3,(H,18,23). The molecule has 0 fully saturated rings. The Bertz CT molecular complexity index is 650. The monoisotopic (exact) mass is 316 g/mol. The fraction of sp³-hybridized carbons (Fsp3) is 0.471. The van der Waals surface area contributed by atoms with Crippen LogP contribution in [0.25, 0.3) is 5.69 Å². The van der Waals surface area contributed by atoms with E-state index in [1.54, 1.807) is 10.9 Å². The van der Waals surface area contributed by atoms with Gasteiger partial charge in [-0.2, -0.15) is 0 Å². The van der Waals surface area contributed by atoms with Crippen molar-refractivity contribution in [3.05, 3.63) is 42.2 Å². The largest absolute Gasteiger partial charge is 0.392 e. The number of aliphatic hydroxyl groups is 1. The van der Waals surface area contributed by atoms with Gasteiger partial charge in [0.05, 0.1) is 29.9 Å². The molecule has 0 aliphatic rings. The first-order valence-electron chi connectivity index (χ1n) is 7.77. The fourth-order valence-electron chi connectivity index (χ4n) is 2.15. The van der Waals surface area contributed by atoms with Gasteiger partial charge in [0, 0.05) is 0 Å². The molecule has 1 amide bonds. The van der Waals surface area contributed by atoms with Crippen LogP contribution in [0.3, 0.4) is 0 Å². The Hall–Kier alpha value is -2.21. The van der Waals surface area contributed by atoms with Crippen LogP contribution in [0.1, 0.15) is 39.8 Å². The molecule has 1 atom stereocenters. The van der Waals surface area contributed by atoms with E-state index in [9.17, 15) is 9.90 Å². The highest BCUT2D eigenvalue weighted by Gasteiger charge is 2.27. The highest BCUT2D eigenvalue weighted by atomic mass is 16.3. The Labute approximate surface area is 136 Å². The summed E-state index contributed by atoms with van der Waals surface area (Å²) in [7, 11) is 0. The van der Waals surface area contributed by atoms with E-state index >= 15 is 0 Å². The van der Waals surface area contributed by atoms with E-state index in [1.807, 2.05) is 58.0 Å². The molecule has 0 spiro atoms. The fourth-order valence-corrected chi connectivity index (χ4v) is 2.15. The van der Waals surface area contributed by atoms with Gasteiger partial charge in [-0.05, 0) is 31.9 Å². The molecule has 1 aromatic heterocycles. The number of aliphatic hydroxyl groups excluding tert-OH is 1. The molecular weight excluding hydrogens is 292 g/mol. The van der Waals surface area contributed by atoms with Crippen molar-refractivity contribution >= 4 is 5.91 Å². The van der Waals surface area contributed by atoms with Crippen molar-refractivity contribution in [2.75, 3.05) is 0 Å². The van der Waals surface area contributed by atoms with Gasteiger partial charge >= 0.3 is 0 Å². The third-order valence-electron chi connectivity index (χ3n) is 3.77. The molecule has 23 heavy (non-hydrogen) atoms. The number of hydrogen-bond acceptors (Lipinski definition) is 4. The van der Waals surface area contributed by atoms with Crippen LogP contribution in [0.15, 0.2) is 36.5 Å². The minimum Gasteiger partial charge on any atom is -0.392 e. The zero-order chi connectivity index (χ0) is 17.0. The van der Waals surface area contributed by atoms with E-state index < -0.39 is 11.6 Å². The molecule has 6 nitrogen and oxygen atoms in total. The average Bonchev–Trinajstić information content (AvgIpc) is 2.98. The van der Waals surface area contributed by atoms with Crippen molar-refractivity contribution < 1.29 is 9.90 Å². The van der Waals surface area contributed by atoms with Crippen molar-refractivity contribution in [2.24, 2.45) is 5.92 Å². The lowest BCUT2D eigenvalue weighted by Crippen LogP contribution is -2.43. The molecule has 124 valence electrons. The maximum Gasteiger partial charge on any atom is 0.223 e. The molecule has 1 heterocycles. The van der Waals surface area contributed by atoms with Gasteiger partial charge in [-0.25, -0.2) is 4.68 Å². The predicted molar refractivity (Wildman–Crippen MR) is 88.0 cm³/mol. The molecular formula is C17H24N4O2. The van der Waals surface area contributed by atoms with Crippen LogP contribution in [0.4, 0.5) is 0 Å². The van der Waals surface area contributed by atoms with Crippen molar-refractivity contribution in [1.29, 1.82) is 0 Å². The summed E-state index contributed by atoms with van der Waals surface area (Å²) < 4.78 is 1.67. The molecule has 2 rings (SSSR count). The predicted octanol–water partition coefficient (Wildman–Crippen LogP) is 2.03. The van der Waals surface area contributed by atoms with Gasteiger partial charge in [0.1, 0.15) is 5.69 Å². The Morgan fingerprint density at radius 3 is 2.57 bits per heavy atom. The molecule has 0 saturated carbocycles. The summed E-state index contributed by atoms with van der Waals surface area (Å²) in [6.45, 7) is 7.50. The van der Waals surface area contributed by atoms with Gasteiger partial charge in [-0.15, -0.1) is 5.10 Å². The number of aromatic nitrogens is 3. The normalized spacial score (nSPS) is 13.1. The van der Waals surface area contributed by atoms with Gasteiger partial charge in [0.25, 0.3) is 0 Å². The molecule has 1 aromatic carbocycles. The topological polar surface area (TPSA) is 80.0 Å².